The molecule has 172 valence electrons. The van der Waals surface area contributed by atoms with Crippen molar-refractivity contribution in [3.8, 4) is 11.1 Å². The molecule has 3 aromatic heterocycles. The fourth-order valence-corrected chi connectivity index (χ4v) is 5.68. The molecular weight excluding hydrogens is 436 g/mol. The summed E-state index contributed by atoms with van der Waals surface area (Å²) in [5.74, 6) is 0. The van der Waals surface area contributed by atoms with E-state index < -0.39 is 10.0 Å². The first kappa shape index (κ1) is 21.5. The number of hydrogen-bond donors (Lipinski definition) is 1. The Balaban J connectivity index is 1.79. The molecule has 0 unspecified atom stereocenters. The lowest BCUT2D eigenvalue weighted by molar-refractivity contribution is 0.590. The summed E-state index contributed by atoms with van der Waals surface area (Å²) in [4.78, 5) is 7.09. The van der Waals surface area contributed by atoms with E-state index in [9.17, 15) is 8.42 Å². The zero-order valence-electron chi connectivity index (χ0n) is 19.5. The van der Waals surface area contributed by atoms with Crippen LogP contribution in [0.3, 0.4) is 0 Å². The summed E-state index contributed by atoms with van der Waals surface area (Å²) >= 11 is 0. The lowest BCUT2D eigenvalue weighted by atomic mass is 10.0. The standard InChI is InChI=1S/C24H28N6O2S/c1-15(2)30-14-19(18-7-6-17-9-11-28(4)20(17)13-18)23-21(12-16(3)26-24(23)30)29(5)33(31,32)22-8-10-25-27-22/h6-8,10,12-15H,9,11H2,1-5H3,(H,25,27). The normalized spacial score (nSPS) is 13.8. The van der Waals surface area contributed by atoms with E-state index in [1.165, 1.54) is 27.8 Å². The van der Waals surface area contributed by atoms with Gasteiger partial charge in [0.2, 0.25) is 0 Å². The molecular formula is C24H28N6O2S. The highest BCUT2D eigenvalue weighted by molar-refractivity contribution is 7.92. The SMILES string of the molecule is Cc1cc(N(C)S(=O)(=O)c2ccn[nH]2)c2c(-c3ccc4c(c3)N(C)CC4)cn(C(C)C)c2n1. The number of pyridine rings is 1. The number of nitrogens with zero attached hydrogens (tertiary/aromatic N) is 5. The molecule has 0 saturated heterocycles. The topological polar surface area (TPSA) is 87.1 Å². The number of benzene rings is 1. The van der Waals surface area contributed by atoms with Gasteiger partial charge in [0.1, 0.15) is 5.65 Å². The van der Waals surface area contributed by atoms with Gasteiger partial charge < -0.3 is 9.47 Å². The molecule has 4 heterocycles. The number of likely N-dealkylation sites (N-methyl/N-ethyl adjacent to an activating group) is 1. The van der Waals surface area contributed by atoms with Crippen LogP contribution in [0, 0.1) is 6.92 Å². The van der Waals surface area contributed by atoms with Gasteiger partial charge in [0.15, 0.2) is 5.03 Å². The number of sulfonamides is 1. The van der Waals surface area contributed by atoms with Gasteiger partial charge in [-0.2, -0.15) is 13.5 Å². The fraction of sp³-hybridized carbons (Fsp3) is 0.333. The Labute approximate surface area is 193 Å². The number of H-pyrrole nitrogens is 1. The van der Waals surface area contributed by atoms with E-state index in [-0.39, 0.29) is 11.1 Å². The van der Waals surface area contributed by atoms with Crippen LogP contribution in [0.15, 0.2) is 47.8 Å². The lowest BCUT2D eigenvalue weighted by Gasteiger charge is -2.21. The smallest absolute Gasteiger partial charge is 0.281 e. The molecule has 1 aliphatic heterocycles. The van der Waals surface area contributed by atoms with Crippen LogP contribution < -0.4 is 9.21 Å². The molecule has 4 aromatic rings. The molecule has 0 aliphatic carbocycles. The second-order valence-electron chi connectivity index (χ2n) is 8.93. The molecule has 0 bridgehead atoms. The molecule has 33 heavy (non-hydrogen) atoms. The lowest BCUT2D eigenvalue weighted by Crippen LogP contribution is -2.27. The summed E-state index contributed by atoms with van der Waals surface area (Å²) in [6, 6.07) is 9.98. The van der Waals surface area contributed by atoms with Crippen molar-refractivity contribution in [1.29, 1.82) is 0 Å². The van der Waals surface area contributed by atoms with Gasteiger partial charge in [-0.3, -0.25) is 9.40 Å². The average molecular weight is 465 g/mol. The second kappa shape index (κ2) is 7.62. The van der Waals surface area contributed by atoms with E-state index in [1.54, 1.807) is 7.05 Å². The molecule has 0 atom stereocenters. The summed E-state index contributed by atoms with van der Waals surface area (Å²) in [7, 11) is -0.129. The Kier molecular flexibility index (Phi) is 4.97. The van der Waals surface area contributed by atoms with Crippen molar-refractivity contribution >= 4 is 32.4 Å². The average Bonchev–Trinajstić information content (AvgIpc) is 3.51. The molecule has 5 rings (SSSR count). The zero-order chi connectivity index (χ0) is 23.5. The largest absolute Gasteiger partial charge is 0.374 e. The van der Waals surface area contributed by atoms with Crippen molar-refractivity contribution in [2.45, 2.75) is 38.3 Å². The number of rotatable bonds is 5. The molecule has 0 radical (unpaired) electrons. The Hall–Kier alpha value is -3.33. The first-order chi connectivity index (χ1) is 15.7. The van der Waals surface area contributed by atoms with Crippen molar-refractivity contribution in [2.24, 2.45) is 0 Å². The van der Waals surface area contributed by atoms with Crippen LogP contribution in [0.25, 0.3) is 22.2 Å². The first-order valence-corrected chi connectivity index (χ1v) is 12.5. The second-order valence-corrected chi connectivity index (χ2v) is 10.9. The van der Waals surface area contributed by atoms with Gasteiger partial charge in [-0.15, -0.1) is 0 Å². The van der Waals surface area contributed by atoms with Gasteiger partial charge >= 0.3 is 0 Å². The van der Waals surface area contributed by atoms with E-state index in [1.807, 2.05) is 13.0 Å². The molecule has 8 nitrogen and oxygen atoms in total. The fourth-order valence-electron chi connectivity index (χ4n) is 4.58. The van der Waals surface area contributed by atoms with Gasteiger partial charge in [0.05, 0.1) is 17.3 Å². The Bertz CT molecular complexity index is 1450. The highest BCUT2D eigenvalue weighted by Gasteiger charge is 2.28. The van der Waals surface area contributed by atoms with E-state index in [0.29, 0.717) is 5.69 Å². The molecule has 0 spiro atoms. The molecule has 0 fully saturated rings. The number of aromatic nitrogens is 4. The van der Waals surface area contributed by atoms with Crippen LogP contribution in [0.4, 0.5) is 11.4 Å². The Morgan fingerprint density at radius 2 is 1.97 bits per heavy atom. The number of fused-ring (bicyclic) bond motifs is 2. The van der Waals surface area contributed by atoms with E-state index in [2.05, 4.69) is 65.0 Å². The summed E-state index contributed by atoms with van der Waals surface area (Å²) in [5, 5.41) is 7.29. The summed E-state index contributed by atoms with van der Waals surface area (Å²) in [6.07, 6.45) is 4.57. The minimum absolute atomic E-state index is 0.0524. The number of aromatic amines is 1. The molecule has 9 heteroatoms. The molecule has 1 N–H and O–H groups in total. The van der Waals surface area contributed by atoms with E-state index >= 15 is 0 Å². The van der Waals surface area contributed by atoms with Gasteiger partial charge in [-0.1, -0.05) is 12.1 Å². The van der Waals surface area contributed by atoms with E-state index in [4.69, 9.17) is 4.98 Å². The van der Waals surface area contributed by atoms with Crippen molar-refractivity contribution in [1.82, 2.24) is 19.7 Å². The maximum absolute atomic E-state index is 13.4. The maximum atomic E-state index is 13.4. The third-order valence-corrected chi connectivity index (χ3v) is 8.12. The van der Waals surface area contributed by atoms with Crippen LogP contribution in [0.1, 0.15) is 31.1 Å². The van der Waals surface area contributed by atoms with Crippen molar-refractivity contribution < 1.29 is 8.42 Å². The quantitative estimate of drug-likeness (QED) is 0.480. The monoisotopic (exact) mass is 464 g/mol. The van der Waals surface area contributed by atoms with Gasteiger partial charge in [0, 0.05) is 49.8 Å². The summed E-state index contributed by atoms with van der Waals surface area (Å²) in [5.41, 5.74) is 6.69. The van der Waals surface area contributed by atoms with Crippen molar-refractivity contribution in [2.75, 3.05) is 29.8 Å². The number of aryl methyl sites for hydroxylation is 1. The van der Waals surface area contributed by atoms with Gasteiger partial charge in [-0.05, 0) is 56.5 Å². The first-order valence-electron chi connectivity index (χ1n) is 11.0. The van der Waals surface area contributed by atoms with Crippen LogP contribution in [-0.2, 0) is 16.4 Å². The molecule has 0 saturated carbocycles. The van der Waals surface area contributed by atoms with E-state index in [0.717, 1.165) is 40.8 Å². The van der Waals surface area contributed by atoms with Crippen LogP contribution in [-0.4, -0.2) is 48.8 Å². The number of nitrogens with one attached hydrogen (secondary N) is 1. The molecule has 1 aliphatic rings. The third kappa shape index (κ3) is 3.38. The third-order valence-electron chi connectivity index (χ3n) is 6.42. The Morgan fingerprint density at radius 3 is 2.67 bits per heavy atom. The van der Waals surface area contributed by atoms with Crippen molar-refractivity contribution in [3.05, 3.63) is 54.0 Å². The summed E-state index contributed by atoms with van der Waals surface area (Å²) in [6.45, 7) is 7.11. The number of hydrogen-bond acceptors (Lipinski definition) is 5. The zero-order valence-corrected chi connectivity index (χ0v) is 20.3. The Morgan fingerprint density at radius 1 is 1.18 bits per heavy atom. The summed E-state index contributed by atoms with van der Waals surface area (Å²) < 4.78 is 30.2. The molecule has 1 aromatic carbocycles. The predicted octanol–water partition coefficient (Wildman–Crippen LogP) is 4.13. The van der Waals surface area contributed by atoms with Crippen LogP contribution in [0.2, 0.25) is 0 Å². The maximum Gasteiger partial charge on any atom is 0.281 e. The highest BCUT2D eigenvalue weighted by atomic mass is 32.2. The molecule has 0 amide bonds. The predicted molar refractivity (Wildman–Crippen MR) is 131 cm³/mol. The number of anilines is 2. The van der Waals surface area contributed by atoms with Crippen LogP contribution >= 0.6 is 0 Å². The minimum atomic E-state index is -3.82. The van der Waals surface area contributed by atoms with Crippen molar-refractivity contribution in [3.63, 3.8) is 0 Å². The van der Waals surface area contributed by atoms with Gasteiger partial charge in [-0.25, -0.2) is 4.98 Å². The van der Waals surface area contributed by atoms with Crippen LogP contribution in [0.5, 0.6) is 0 Å². The highest BCUT2D eigenvalue weighted by Crippen LogP contribution is 2.41. The minimum Gasteiger partial charge on any atom is -0.374 e. The van der Waals surface area contributed by atoms with Gasteiger partial charge in [0.25, 0.3) is 10.0 Å².